The van der Waals surface area contributed by atoms with Gasteiger partial charge in [0.2, 0.25) is 0 Å². The van der Waals surface area contributed by atoms with Gasteiger partial charge < -0.3 is 4.74 Å². The molecule has 1 aromatic heterocycles. The maximum absolute atomic E-state index is 11.6. The van der Waals surface area contributed by atoms with Crippen LogP contribution < -0.4 is 0 Å². The predicted molar refractivity (Wildman–Crippen MR) is 61.5 cm³/mol. The predicted octanol–water partition coefficient (Wildman–Crippen LogP) is 2.40. The van der Waals surface area contributed by atoms with E-state index in [9.17, 15) is 4.79 Å². The van der Waals surface area contributed by atoms with Crippen LogP contribution >= 0.6 is 0 Å². The number of nitrogens with zero attached hydrogens (tertiary/aromatic N) is 2. The molecule has 88 valence electrons. The van der Waals surface area contributed by atoms with Crippen molar-refractivity contribution in [2.24, 2.45) is 0 Å². The van der Waals surface area contributed by atoms with Crippen molar-refractivity contribution >= 4 is 5.97 Å². The van der Waals surface area contributed by atoms with Crippen molar-refractivity contribution in [3.05, 3.63) is 29.1 Å². The molecular weight excluding hydrogens is 216 g/mol. The Morgan fingerprint density at radius 1 is 1.53 bits per heavy atom. The third-order valence-corrected chi connectivity index (χ3v) is 3.22. The van der Waals surface area contributed by atoms with Gasteiger partial charge >= 0.3 is 5.97 Å². The lowest BCUT2D eigenvalue weighted by Crippen LogP contribution is -2.07. The number of hydrogen-bond donors (Lipinski definition) is 0. The van der Waals surface area contributed by atoms with Gasteiger partial charge in [-0.25, -0.2) is 4.79 Å². The van der Waals surface area contributed by atoms with Crippen LogP contribution in [-0.4, -0.2) is 18.1 Å². The Labute approximate surface area is 100 Å². The van der Waals surface area contributed by atoms with Gasteiger partial charge in [-0.05, 0) is 18.9 Å². The molecule has 0 bridgehead atoms. The number of methoxy groups -OCH3 is 1. The van der Waals surface area contributed by atoms with Gasteiger partial charge in [-0.2, -0.15) is 5.26 Å². The number of carbonyl (C=O) groups is 1. The van der Waals surface area contributed by atoms with Crippen molar-refractivity contribution < 1.29 is 9.53 Å². The molecule has 2 rings (SSSR count). The minimum absolute atomic E-state index is 0.276. The number of ether oxygens (including phenoxy) is 1. The second-order valence-corrected chi connectivity index (χ2v) is 4.24. The minimum atomic E-state index is -0.469. The Balaban J connectivity index is 2.37. The molecule has 0 amide bonds. The van der Waals surface area contributed by atoms with Crippen molar-refractivity contribution in [2.75, 3.05) is 7.11 Å². The molecule has 1 heterocycles. The van der Waals surface area contributed by atoms with E-state index in [1.165, 1.54) is 26.1 Å². The summed E-state index contributed by atoms with van der Waals surface area (Å²) in [7, 11) is 1.32. The molecule has 0 spiro atoms. The summed E-state index contributed by atoms with van der Waals surface area (Å²) in [5.74, 6) is -0.0469. The maximum Gasteiger partial charge on any atom is 0.339 e. The van der Waals surface area contributed by atoms with Crippen molar-refractivity contribution in [1.29, 1.82) is 5.26 Å². The standard InChI is InChI=1S/C13H14N2O2/c1-17-13(16)11-6-12(9-4-2-3-5-9)15-8-10(11)7-14/h6,8-9H,2-5H2,1H3. The van der Waals surface area contributed by atoms with Crippen molar-refractivity contribution in [3.8, 4) is 6.07 Å². The van der Waals surface area contributed by atoms with Crippen LogP contribution in [0.15, 0.2) is 12.3 Å². The molecule has 0 atom stereocenters. The fourth-order valence-corrected chi connectivity index (χ4v) is 2.28. The average Bonchev–Trinajstić information content (AvgIpc) is 2.91. The molecular formula is C13H14N2O2. The van der Waals surface area contributed by atoms with Crippen LogP contribution in [0.2, 0.25) is 0 Å². The van der Waals surface area contributed by atoms with E-state index in [-0.39, 0.29) is 5.56 Å². The van der Waals surface area contributed by atoms with E-state index in [0.717, 1.165) is 18.5 Å². The van der Waals surface area contributed by atoms with Crippen molar-refractivity contribution in [1.82, 2.24) is 4.98 Å². The van der Waals surface area contributed by atoms with Crippen LogP contribution in [0.5, 0.6) is 0 Å². The van der Waals surface area contributed by atoms with Crippen LogP contribution in [-0.2, 0) is 4.74 Å². The van der Waals surface area contributed by atoms with E-state index in [2.05, 4.69) is 9.72 Å². The molecule has 0 saturated heterocycles. The molecule has 1 fully saturated rings. The first-order valence-corrected chi connectivity index (χ1v) is 5.74. The topological polar surface area (TPSA) is 63.0 Å². The van der Waals surface area contributed by atoms with Gasteiger partial charge in [0, 0.05) is 17.8 Å². The molecule has 0 unspecified atom stereocenters. The average molecular weight is 230 g/mol. The highest BCUT2D eigenvalue weighted by Gasteiger charge is 2.21. The molecule has 0 aromatic carbocycles. The lowest BCUT2D eigenvalue weighted by molar-refractivity contribution is 0.0600. The number of carbonyl (C=O) groups excluding carboxylic acids is 1. The van der Waals surface area contributed by atoms with E-state index >= 15 is 0 Å². The van der Waals surface area contributed by atoms with E-state index in [1.807, 2.05) is 6.07 Å². The Morgan fingerprint density at radius 3 is 2.82 bits per heavy atom. The first-order chi connectivity index (χ1) is 8.26. The first kappa shape index (κ1) is 11.6. The zero-order chi connectivity index (χ0) is 12.3. The molecule has 1 aliphatic rings. The molecule has 4 nitrogen and oxygen atoms in total. The zero-order valence-corrected chi connectivity index (χ0v) is 9.77. The molecule has 0 aliphatic heterocycles. The molecule has 4 heteroatoms. The van der Waals surface area contributed by atoms with Crippen LogP contribution in [0.4, 0.5) is 0 Å². The van der Waals surface area contributed by atoms with Crippen LogP contribution in [0.1, 0.15) is 53.2 Å². The van der Waals surface area contributed by atoms with Crippen LogP contribution in [0.3, 0.4) is 0 Å². The number of hydrogen-bond acceptors (Lipinski definition) is 4. The number of aromatic nitrogens is 1. The Morgan fingerprint density at radius 2 is 2.24 bits per heavy atom. The number of pyridine rings is 1. The Kier molecular flexibility index (Phi) is 3.38. The zero-order valence-electron chi connectivity index (χ0n) is 9.77. The Hall–Kier alpha value is -1.89. The number of esters is 1. The summed E-state index contributed by atoms with van der Waals surface area (Å²) in [5.41, 5.74) is 1.51. The van der Waals surface area contributed by atoms with Gasteiger partial charge in [0.05, 0.1) is 18.2 Å². The summed E-state index contributed by atoms with van der Waals surface area (Å²) < 4.78 is 4.68. The summed E-state index contributed by atoms with van der Waals surface area (Å²) in [6.07, 6.45) is 6.11. The summed E-state index contributed by atoms with van der Waals surface area (Å²) in [4.78, 5) is 15.8. The lowest BCUT2D eigenvalue weighted by atomic mass is 10.00. The molecule has 1 aliphatic carbocycles. The van der Waals surface area contributed by atoms with Gasteiger partial charge in [0.1, 0.15) is 6.07 Å². The van der Waals surface area contributed by atoms with E-state index < -0.39 is 5.97 Å². The number of nitriles is 1. The summed E-state index contributed by atoms with van der Waals surface area (Å²) in [6.45, 7) is 0. The normalized spacial score (nSPS) is 15.5. The van der Waals surface area contributed by atoms with Gasteiger partial charge in [-0.1, -0.05) is 12.8 Å². The lowest BCUT2D eigenvalue weighted by Gasteiger charge is -2.10. The maximum atomic E-state index is 11.6. The van der Waals surface area contributed by atoms with Crippen LogP contribution in [0, 0.1) is 11.3 Å². The highest BCUT2D eigenvalue weighted by molar-refractivity contribution is 5.92. The van der Waals surface area contributed by atoms with Crippen molar-refractivity contribution in [2.45, 2.75) is 31.6 Å². The molecule has 0 radical (unpaired) electrons. The molecule has 0 N–H and O–H groups in total. The smallest absolute Gasteiger partial charge is 0.339 e. The highest BCUT2D eigenvalue weighted by Crippen LogP contribution is 2.33. The SMILES string of the molecule is COC(=O)c1cc(C2CCCC2)ncc1C#N. The molecule has 1 saturated carbocycles. The van der Waals surface area contributed by atoms with Gasteiger partial charge in [0.15, 0.2) is 0 Å². The highest BCUT2D eigenvalue weighted by atomic mass is 16.5. The molecule has 17 heavy (non-hydrogen) atoms. The van der Waals surface area contributed by atoms with Gasteiger partial charge in [-0.3, -0.25) is 4.98 Å². The van der Waals surface area contributed by atoms with E-state index in [4.69, 9.17) is 5.26 Å². The van der Waals surface area contributed by atoms with E-state index in [1.54, 1.807) is 6.07 Å². The summed E-state index contributed by atoms with van der Waals surface area (Å²) in [6, 6.07) is 3.67. The fraction of sp³-hybridized carbons (Fsp3) is 0.462. The summed E-state index contributed by atoms with van der Waals surface area (Å²) >= 11 is 0. The second kappa shape index (κ2) is 4.96. The third kappa shape index (κ3) is 2.28. The Bertz CT molecular complexity index is 471. The second-order valence-electron chi connectivity index (χ2n) is 4.24. The van der Waals surface area contributed by atoms with Crippen molar-refractivity contribution in [3.63, 3.8) is 0 Å². The van der Waals surface area contributed by atoms with Crippen LogP contribution in [0.25, 0.3) is 0 Å². The first-order valence-electron chi connectivity index (χ1n) is 5.74. The minimum Gasteiger partial charge on any atom is -0.465 e. The number of rotatable bonds is 2. The largest absolute Gasteiger partial charge is 0.465 e. The molecule has 1 aromatic rings. The summed E-state index contributed by atoms with van der Waals surface area (Å²) in [5, 5.41) is 8.92. The quantitative estimate of drug-likeness (QED) is 0.732. The van der Waals surface area contributed by atoms with Gasteiger partial charge in [0.25, 0.3) is 0 Å². The fourth-order valence-electron chi connectivity index (χ4n) is 2.28. The van der Waals surface area contributed by atoms with E-state index in [0.29, 0.717) is 11.5 Å². The van der Waals surface area contributed by atoms with Gasteiger partial charge in [-0.15, -0.1) is 0 Å². The monoisotopic (exact) mass is 230 g/mol. The third-order valence-electron chi connectivity index (χ3n) is 3.22.